The molecule has 1 aliphatic rings. The molecule has 0 radical (unpaired) electrons. The largest absolute Gasteiger partial charge is 0.356 e. The first-order chi connectivity index (χ1) is 7.58. The zero-order valence-corrected chi connectivity index (χ0v) is 10.3. The second-order valence-electron chi connectivity index (χ2n) is 4.76. The molecule has 1 fully saturated rings. The summed E-state index contributed by atoms with van der Waals surface area (Å²) < 4.78 is 0. The molecule has 0 atom stereocenters. The lowest BCUT2D eigenvalue weighted by Crippen LogP contribution is -2.33. The van der Waals surface area contributed by atoms with E-state index in [1.807, 2.05) is 0 Å². The summed E-state index contributed by atoms with van der Waals surface area (Å²) >= 11 is 0. The van der Waals surface area contributed by atoms with E-state index in [1.54, 1.807) is 0 Å². The summed E-state index contributed by atoms with van der Waals surface area (Å²) in [6.07, 6.45) is 3.50. The molecule has 0 spiro atoms. The van der Waals surface area contributed by atoms with Gasteiger partial charge in [-0.2, -0.15) is 0 Å². The minimum Gasteiger partial charge on any atom is -0.356 e. The molecule has 1 rings (SSSR count). The van der Waals surface area contributed by atoms with Gasteiger partial charge in [0.05, 0.1) is 6.42 Å². The Morgan fingerprint density at radius 3 is 2.50 bits per heavy atom. The fourth-order valence-corrected chi connectivity index (χ4v) is 2.06. The van der Waals surface area contributed by atoms with E-state index in [2.05, 4.69) is 17.3 Å². The zero-order chi connectivity index (χ0) is 12.0. The van der Waals surface area contributed by atoms with Crippen molar-refractivity contribution < 1.29 is 9.59 Å². The van der Waals surface area contributed by atoms with Crippen LogP contribution in [0.2, 0.25) is 0 Å². The van der Waals surface area contributed by atoms with Crippen molar-refractivity contribution in [2.45, 2.75) is 32.6 Å². The van der Waals surface area contributed by atoms with Crippen LogP contribution in [0, 0.1) is 5.92 Å². The molecule has 1 N–H and O–H groups in total. The van der Waals surface area contributed by atoms with E-state index in [1.165, 1.54) is 19.8 Å². The standard InChI is InChI=1S/C12H22N2O2/c1-10(15)9-12(16)13-6-3-11-4-7-14(2)8-5-11/h11H,3-9H2,1-2H3,(H,13,16). The van der Waals surface area contributed by atoms with Gasteiger partial charge in [-0.3, -0.25) is 9.59 Å². The number of amides is 1. The molecule has 1 heterocycles. The summed E-state index contributed by atoms with van der Waals surface area (Å²) in [4.78, 5) is 24.2. The molecule has 16 heavy (non-hydrogen) atoms. The Kier molecular flexibility index (Phi) is 5.46. The van der Waals surface area contributed by atoms with Crippen LogP contribution in [-0.4, -0.2) is 43.3 Å². The van der Waals surface area contributed by atoms with Crippen LogP contribution < -0.4 is 5.32 Å². The summed E-state index contributed by atoms with van der Waals surface area (Å²) in [7, 11) is 2.14. The summed E-state index contributed by atoms with van der Waals surface area (Å²) in [5, 5.41) is 2.80. The first kappa shape index (κ1) is 13.2. The fraction of sp³-hybridized carbons (Fsp3) is 0.833. The number of hydrogen-bond donors (Lipinski definition) is 1. The van der Waals surface area contributed by atoms with E-state index in [0.29, 0.717) is 6.54 Å². The monoisotopic (exact) mass is 226 g/mol. The highest BCUT2D eigenvalue weighted by molar-refractivity contribution is 5.96. The first-order valence-corrected chi connectivity index (χ1v) is 6.02. The molecule has 1 aliphatic heterocycles. The van der Waals surface area contributed by atoms with Crippen LogP contribution >= 0.6 is 0 Å². The Hall–Kier alpha value is -0.900. The predicted octanol–water partition coefficient (Wildman–Crippen LogP) is 0.814. The van der Waals surface area contributed by atoms with Crippen molar-refractivity contribution >= 4 is 11.7 Å². The van der Waals surface area contributed by atoms with Gasteiger partial charge in [0.15, 0.2) is 0 Å². The minimum absolute atomic E-state index is 0.0212. The van der Waals surface area contributed by atoms with Crippen LogP contribution in [0.1, 0.15) is 32.6 Å². The van der Waals surface area contributed by atoms with Gasteiger partial charge in [0.2, 0.25) is 5.91 Å². The summed E-state index contributed by atoms with van der Waals surface area (Å²) in [5.74, 6) is 0.519. The van der Waals surface area contributed by atoms with Crippen molar-refractivity contribution in [1.82, 2.24) is 10.2 Å². The normalized spacial score (nSPS) is 18.4. The predicted molar refractivity (Wildman–Crippen MR) is 63.1 cm³/mol. The molecule has 0 bridgehead atoms. The Labute approximate surface area is 97.4 Å². The number of likely N-dealkylation sites (tertiary alicyclic amines) is 1. The molecular weight excluding hydrogens is 204 g/mol. The van der Waals surface area contributed by atoms with Crippen LogP contribution in [0.15, 0.2) is 0 Å². The van der Waals surface area contributed by atoms with Gasteiger partial charge in [0, 0.05) is 6.54 Å². The van der Waals surface area contributed by atoms with Crippen molar-refractivity contribution in [3.63, 3.8) is 0 Å². The number of nitrogens with zero attached hydrogens (tertiary/aromatic N) is 1. The molecule has 0 unspecified atom stereocenters. The Morgan fingerprint density at radius 2 is 1.94 bits per heavy atom. The average molecular weight is 226 g/mol. The van der Waals surface area contributed by atoms with E-state index in [0.717, 1.165) is 25.4 Å². The van der Waals surface area contributed by atoms with Gasteiger partial charge >= 0.3 is 0 Å². The van der Waals surface area contributed by atoms with Gasteiger partial charge in [-0.25, -0.2) is 0 Å². The molecule has 0 aliphatic carbocycles. The number of ketones is 1. The third-order valence-corrected chi connectivity index (χ3v) is 3.12. The van der Waals surface area contributed by atoms with Crippen LogP contribution in [-0.2, 0) is 9.59 Å². The van der Waals surface area contributed by atoms with Gasteiger partial charge in [0.25, 0.3) is 0 Å². The number of nitrogens with one attached hydrogen (secondary N) is 1. The lowest BCUT2D eigenvalue weighted by atomic mass is 9.94. The van der Waals surface area contributed by atoms with Crippen LogP contribution in [0.4, 0.5) is 0 Å². The first-order valence-electron chi connectivity index (χ1n) is 6.02. The van der Waals surface area contributed by atoms with Gasteiger partial charge in [0.1, 0.15) is 5.78 Å². The van der Waals surface area contributed by atoms with Crippen molar-refractivity contribution in [1.29, 1.82) is 0 Å². The minimum atomic E-state index is -0.138. The van der Waals surface area contributed by atoms with Crippen molar-refractivity contribution in [3.8, 4) is 0 Å². The van der Waals surface area contributed by atoms with E-state index in [-0.39, 0.29) is 18.1 Å². The Bertz CT molecular complexity index is 245. The van der Waals surface area contributed by atoms with E-state index < -0.39 is 0 Å². The van der Waals surface area contributed by atoms with Gasteiger partial charge in [-0.05, 0) is 52.2 Å². The van der Waals surface area contributed by atoms with Gasteiger partial charge in [-0.15, -0.1) is 0 Å². The quantitative estimate of drug-likeness (QED) is 0.706. The molecule has 1 amide bonds. The molecule has 4 nitrogen and oxygen atoms in total. The van der Waals surface area contributed by atoms with Crippen LogP contribution in [0.5, 0.6) is 0 Å². The molecule has 0 saturated carbocycles. The number of hydrogen-bond acceptors (Lipinski definition) is 3. The van der Waals surface area contributed by atoms with Gasteiger partial charge in [-0.1, -0.05) is 0 Å². The molecule has 1 saturated heterocycles. The lowest BCUT2D eigenvalue weighted by Gasteiger charge is -2.28. The Balaban J connectivity index is 2.07. The van der Waals surface area contributed by atoms with Crippen LogP contribution in [0.3, 0.4) is 0 Å². The highest BCUT2D eigenvalue weighted by Crippen LogP contribution is 2.18. The Morgan fingerprint density at radius 1 is 1.31 bits per heavy atom. The maximum atomic E-state index is 11.2. The number of carbonyl (C=O) groups excluding carboxylic acids is 2. The zero-order valence-electron chi connectivity index (χ0n) is 10.3. The fourth-order valence-electron chi connectivity index (χ4n) is 2.06. The molecule has 0 aromatic rings. The highest BCUT2D eigenvalue weighted by atomic mass is 16.2. The lowest BCUT2D eigenvalue weighted by molar-refractivity contribution is -0.127. The number of Topliss-reactive ketones (excluding diaryl/α,β-unsaturated/α-hetero) is 1. The molecule has 0 aromatic heterocycles. The maximum absolute atomic E-state index is 11.2. The van der Waals surface area contributed by atoms with E-state index in [9.17, 15) is 9.59 Å². The summed E-state index contributed by atoms with van der Waals surface area (Å²) in [6.45, 7) is 4.47. The third-order valence-electron chi connectivity index (χ3n) is 3.12. The maximum Gasteiger partial charge on any atom is 0.227 e. The number of carbonyl (C=O) groups is 2. The topological polar surface area (TPSA) is 49.4 Å². The number of piperidine rings is 1. The van der Waals surface area contributed by atoms with Gasteiger partial charge < -0.3 is 10.2 Å². The third kappa shape index (κ3) is 5.26. The second kappa shape index (κ2) is 6.63. The average Bonchev–Trinajstić information content (AvgIpc) is 2.20. The molecule has 92 valence electrons. The molecule has 0 aromatic carbocycles. The van der Waals surface area contributed by atoms with Crippen molar-refractivity contribution in [2.24, 2.45) is 5.92 Å². The second-order valence-corrected chi connectivity index (χ2v) is 4.76. The number of rotatable bonds is 5. The molecular formula is C12H22N2O2. The van der Waals surface area contributed by atoms with Crippen molar-refractivity contribution in [2.75, 3.05) is 26.7 Å². The highest BCUT2D eigenvalue weighted by Gasteiger charge is 2.16. The summed E-state index contributed by atoms with van der Waals surface area (Å²) in [6, 6.07) is 0. The van der Waals surface area contributed by atoms with Crippen LogP contribution in [0.25, 0.3) is 0 Å². The van der Waals surface area contributed by atoms with E-state index >= 15 is 0 Å². The summed E-state index contributed by atoms with van der Waals surface area (Å²) in [5.41, 5.74) is 0. The SMILES string of the molecule is CC(=O)CC(=O)NCCC1CCN(C)CC1. The smallest absolute Gasteiger partial charge is 0.227 e. The van der Waals surface area contributed by atoms with E-state index in [4.69, 9.17) is 0 Å². The molecule has 4 heteroatoms. The van der Waals surface area contributed by atoms with Crippen molar-refractivity contribution in [3.05, 3.63) is 0 Å².